The predicted molar refractivity (Wildman–Crippen MR) is 79.8 cm³/mol. The van der Waals surface area contributed by atoms with Crippen LogP contribution in [-0.4, -0.2) is 15.1 Å². The van der Waals surface area contributed by atoms with E-state index < -0.39 is 0 Å². The highest BCUT2D eigenvalue weighted by Gasteiger charge is 2.13. The summed E-state index contributed by atoms with van der Waals surface area (Å²) in [4.78, 5) is 8.65. The number of hydrogen-bond donors (Lipinski definition) is 1. The summed E-state index contributed by atoms with van der Waals surface area (Å²) < 4.78 is 6.09. The van der Waals surface area contributed by atoms with E-state index in [4.69, 9.17) is 10.3 Å². The van der Waals surface area contributed by atoms with Crippen LogP contribution in [0.25, 0.3) is 23.0 Å². The van der Waals surface area contributed by atoms with Crippen LogP contribution in [0.2, 0.25) is 0 Å². The summed E-state index contributed by atoms with van der Waals surface area (Å²) in [5, 5.41) is 3.98. The SMILES string of the molecule is Cc1cccnc1-c1noc(-c2ccc(N)c(Br)c2)n1. The molecule has 0 spiro atoms. The molecule has 2 N–H and O–H groups in total. The zero-order chi connectivity index (χ0) is 14.1. The molecule has 6 heteroatoms. The fourth-order valence-corrected chi connectivity index (χ4v) is 2.20. The van der Waals surface area contributed by atoms with Crippen molar-refractivity contribution < 1.29 is 4.52 Å². The Hall–Kier alpha value is -2.21. The van der Waals surface area contributed by atoms with Gasteiger partial charge >= 0.3 is 0 Å². The molecule has 1 aromatic carbocycles. The fraction of sp³-hybridized carbons (Fsp3) is 0.0714. The van der Waals surface area contributed by atoms with Crippen LogP contribution >= 0.6 is 15.9 Å². The summed E-state index contributed by atoms with van der Waals surface area (Å²) in [6.07, 6.45) is 1.71. The molecule has 0 amide bonds. The Morgan fingerprint density at radius 2 is 2.10 bits per heavy atom. The van der Waals surface area contributed by atoms with E-state index in [1.165, 1.54) is 0 Å². The standard InChI is InChI=1S/C14H11BrN4O/c1-8-3-2-6-17-12(8)13-18-14(20-19-13)9-4-5-11(16)10(15)7-9/h2-7H,16H2,1H3. The molecule has 0 saturated carbocycles. The molecule has 0 aliphatic heterocycles. The third kappa shape index (κ3) is 2.30. The van der Waals surface area contributed by atoms with Crippen LogP contribution in [0.1, 0.15) is 5.56 Å². The van der Waals surface area contributed by atoms with Gasteiger partial charge < -0.3 is 10.3 Å². The number of halogens is 1. The molecule has 0 saturated heterocycles. The molecule has 0 radical (unpaired) electrons. The van der Waals surface area contributed by atoms with Gasteiger partial charge in [0.05, 0.1) is 0 Å². The first-order valence-electron chi connectivity index (χ1n) is 5.96. The number of benzene rings is 1. The Kier molecular flexibility index (Phi) is 3.23. The first-order valence-corrected chi connectivity index (χ1v) is 6.75. The molecule has 2 aromatic heterocycles. The number of pyridine rings is 1. The van der Waals surface area contributed by atoms with Gasteiger partial charge in [-0.15, -0.1) is 0 Å². The van der Waals surface area contributed by atoms with Crippen molar-refractivity contribution in [1.29, 1.82) is 0 Å². The first-order chi connectivity index (χ1) is 9.65. The van der Waals surface area contributed by atoms with Gasteiger partial charge in [-0.05, 0) is 52.7 Å². The minimum Gasteiger partial charge on any atom is -0.398 e. The maximum absolute atomic E-state index is 5.76. The van der Waals surface area contributed by atoms with Gasteiger partial charge in [0.1, 0.15) is 5.69 Å². The number of nitrogens with zero attached hydrogens (tertiary/aromatic N) is 3. The molecule has 0 fully saturated rings. The summed E-state index contributed by atoms with van der Waals surface area (Å²) in [6, 6.07) is 9.30. The van der Waals surface area contributed by atoms with Crippen molar-refractivity contribution in [3.8, 4) is 23.0 Å². The Morgan fingerprint density at radius 3 is 2.85 bits per heavy atom. The highest BCUT2D eigenvalue weighted by molar-refractivity contribution is 9.10. The van der Waals surface area contributed by atoms with Gasteiger partial charge in [-0.1, -0.05) is 11.2 Å². The molecular formula is C14H11BrN4O. The van der Waals surface area contributed by atoms with Gasteiger partial charge in [0.25, 0.3) is 5.89 Å². The van der Waals surface area contributed by atoms with Crippen LogP contribution in [0.5, 0.6) is 0 Å². The lowest BCUT2D eigenvalue weighted by atomic mass is 10.2. The van der Waals surface area contributed by atoms with Crippen LogP contribution in [0.15, 0.2) is 45.5 Å². The van der Waals surface area contributed by atoms with Gasteiger partial charge in [-0.3, -0.25) is 4.98 Å². The lowest BCUT2D eigenvalue weighted by Crippen LogP contribution is -1.89. The van der Waals surface area contributed by atoms with Crippen LogP contribution in [0.4, 0.5) is 5.69 Å². The highest BCUT2D eigenvalue weighted by Crippen LogP contribution is 2.28. The Morgan fingerprint density at radius 1 is 1.25 bits per heavy atom. The average molecular weight is 331 g/mol. The number of nitrogens with two attached hydrogens (primary N) is 1. The number of aromatic nitrogens is 3. The normalized spacial score (nSPS) is 10.7. The van der Waals surface area contributed by atoms with Crippen molar-refractivity contribution in [2.75, 3.05) is 5.73 Å². The molecule has 20 heavy (non-hydrogen) atoms. The first kappa shape index (κ1) is 12.8. The topological polar surface area (TPSA) is 77.8 Å². The summed E-state index contributed by atoms with van der Waals surface area (Å²) in [7, 11) is 0. The average Bonchev–Trinajstić information content (AvgIpc) is 2.92. The lowest BCUT2D eigenvalue weighted by Gasteiger charge is -1.99. The van der Waals surface area contributed by atoms with Crippen LogP contribution in [-0.2, 0) is 0 Å². The van der Waals surface area contributed by atoms with E-state index in [9.17, 15) is 0 Å². The van der Waals surface area contributed by atoms with Crippen molar-refractivity contribution in [3.05, 3.63) is 46.6 Å². The van der Waals surface area contributed by atoms with Gasteiger partial charge in [0.2, 0.25) is 5.82 Å². The summed E-state index contributed by atoms with van der Waals surface area (Å²) in [5.74, 6) is 0.914. The zero-order valence-corrected chi connectivity index (χ0v) is 12.3. The van der Waals surface area contributed by atoms with Crippen LogP contribution in [0.3, 0.4) is 0 Å². The van der Waals surface area contributed by atoms with Crippen LogP contribution in [0, 0.1) is 6.92 Å². The second-order valence-corrected chi connectivity index (χ2v) is 5.18. The zero-order valence-electron chi connectivity index (χ0n) is 10.7. The molecule has 0 aliphatic rings. The number of aryl methyl sites for hydroxylation is 1. The minimum atomic E-state index is 0.436. The minimum absolute atomic E-state index is 0.436. The molecule has 0 unspecified atom stereocenters. The van der Waals surface area contributed by atoms with E-state index in [2.05, 4.69) is 31.1 Å². The summed E-state index contributed by atoms with van der Waals surface area (Å²) >= 11 is 3.38. The maximum Gasteiger partial charge on any atom is 0.258 e. The molecular weight excluding hydrogens is 320 g/mol. The number of hydrogen-bond acceptors (Lipinski definition) is 5. The smallest absolute Gasteiger partial charge is 0.258 e. The summed E-state index contributed by atoms with van der Waals surface area (Å²) in [6.45, 7) is 1.96. The van der Waals surface area contributed by atoms with E-state index >= 15 is 0 Å². The predicted octanol–water partition coefficient (Wildman–Crippen LogP) is 3.45. The van der Waals surface area contributed by atoms with Crippen molar-refractivity contribution >= 4 is 21.6 Å². The van der Waals surface area contributed by atoms with Crippen LogP contribution < -0.4 is 5.73 Å². The molecule has 0 bridgehead atoms. The van der Waals surface area contributed by atoms with Gasteiger partial charge in [0.15, 0.2) is 0 Å². The number of rotatable bonds is 2. The molecule has 5 nitrogen and oxygen atoms in total. The number of anilines is 1. The highest BCUT2D eigenvalue weighted by atomic mass is 79.9. The maximum atomic E-state index is 5.76. The Bertz CT molecular complexity index is 769. The Balaban J connectivity index is 2.02. The van der Waals surface area contributed by atoms with E-state index in [1.807, 2.05) is 31.2 Å². The summed E-state index contributed by atoms with van der Waals surface area (Å²) in [5.41, 5.74) is 8.94. The van der Waals surface area contributed by atoms with Gasteiger partial charge in [0, 0.05) is 21.9 Å². The van der Waals surface area contributed by atoms with E-state index in [0.29, 0.717) is 17.4 Å². The van der Waals surface area contributed by atoms with Crippen molar-refractivity contribution in [1.82, 2.24) is 15.1 Å². The van der Waals surface area contributed by atoms with Gasteiger partial charge in [-0.2, -0.15) is 4.98 Å². The van der Waals surface area contributed by atoms with E-state index in [0.717, 1.165) is 21.3 Å². The molecule has 100 valence electrons. The number of nitrogen functional groups attached to an aromatic ring is 1. The molecule has 2 heterocycles. The second-order valence-electron chi connectivity index (χ2n) is 4.33. The molecule has 0 aliphatic carbocycles. The lowest BCUT2D eigenvalue weighted by molar-refractivity contribution is 0.432. The van der Waals surface area contributed by atoms with E-state index in [1.54, 1.807) is 12.3 Å². The second kappa shape index (κ2) is 5.05. The quantitative estimate of drug-likeness (QED) is 0.728. The molecule has 3 aromatic rings. The third-order valence-electron chi connectivity index (χ3n) is 2.89. The van der Waals surface area contributed by atoms with E-state index in [-0.39, 0.29) is 0 Å². The third-order valence-corrected chi connectivity index (χ3v) is 3.58. The Labute approximate surface area is 124 Å². The van der Waals surface area contributed by atoms with Crippen molar-refractivity contribution in [2.24, 2.45) is 0 Å². The van der Waals surface area contributed by atoms with Crippen molar-refractivity contribution in [2.45, 2.75) is 6.92 Å². The monoisotopic (exact) mass is 330 g/mol. The van der Waals surface area contributed by atoms with Gasteiger partial charge in [-0.25, -0.2) is 0 Å². The molecule has 3 rings (SSSR count). The van der Waals surface area contributed by atoms with Crippen molar-refractivity contribution in [3.63, 3.8) is 0 Å². The largest absolute Gasteiger partial charge is 0.398 e. The fourth-order valence-electron chi connectivity index (χ4n) is 1.82. The molecule has 0 atom stereocenters.